The zero-order valence-electron chi connectivity index (χ0n) is 12.0. The lowest BCUT2D eigenvalue weighted by Crippen LogP contribution is -2.42. The van der Waals surface area contributed by atoms with Crippen LogP contribution in [-0.2, 0) is 14.3 Å². The van der Waals surface area contributed by atoms with Gasteiger partial charge in [0.1, 0.15) is 0 Å². The zero-order valence-corrected chi connectivity index (χ0v) is 14.1. The van der Waals surface area contributed by atoms with E-state index in [1.807, 2.05) is 29.2 Å². The molecule has 0 aliphatic carbocycles. The molecule has 5 nitrogen and oxygen atoms in total. The molecule has 1 N–H and O–H groups in total. The van der Waals surface area contributed by atoms with Gasteiger partial charge in [-0.25, -0.2) is 0 Å². The topological polar surface area (TPSA) is 58.6 Å². The van der Waals surface area contributed by atoms with Gasteiger partial charge >= 0.3 is 5.97 Å². The van der Waals surface area contributed by atoms with E-state index >= 15 is 0 Å². The lowest BCUT2D eigenvalue weighted by atomic mass is 9.98. The Morgan fingerprint density at radius 2 is 2.29 bits per heavy atom. The summed E-state index contributed by atoms with van der Waals surface area (Å²) in [5, 5.41) is 2.89. The third kappa shape index (κ3) is 4.96. The maximum atomic E-state index is 12.1. The summed E-state index contributed by atoms with van der Waals surface area (Å²) in [4.78, 5) is 25.7. The van der Waals surface area contributed by atoms with Crippen molar-refractivity contribution in [2.75, 3.05) is 32.1 Å². The quantitative estimate of drug-likeness (QED) is 0.619. The normalized spacial score (nSPS) is 19.0. The Balaban J connectivity index is 1.86. The standard InChI is InChI=1S/C15H19IN2O3/c1-21-15(20)11-4-3-7-18(9-11)10-14(19)17-13-6-2-5-12(16)8-13/h2,5-6,8,11H,3-4,7,9-10H2,1H3,(H,17,19)/t11-/m0/s1. The highest BCUT2D eigenvalue weighted by Crippen LogP contribution is 2.18. The van der Waals surface area contributed by atoms with E-state index in [9.17, 15) is 9.59 Å². The van der Waals surface area contributed by atoms with Gasteiger partial charge in [0.25, 0.3) is 0 Å². The summed E-state index contributed by atoms with van der Waals surface area (Å²) >= 11 is 2.21. The number of esters is 1. The average Bonchev–Trinajstić information content (AvgIpc) is 2.46. The molecule has 1 aromatic rings. The first kappa shape index (κ1) is 16.2. The third-order valence-corrected chi connectivity index (χ3v) is 4.19. The Kier molecular flexibility index (Phi) is 5.98. The second kappa shape index (κ2) is 7.74. The molecule has 114 valence electrons. The van der Waals surface area contributed by atoms with Gasteiger partial charge in [-0.1, -0.05) is 6.07 Å². The molecule has 21 heavy (non-hydrogen) atoms. The van der Waals surface area contributed by atoms with Gasteiger partial charge in [-0.3, -0.25) is 14.5 Å². The van der Waals surface area contributed by atoms with Gasteiger partial charge in [-0.2, -0.15) is 0 Å². The summed E-state index contributed by atoms with van der Waals surface area (Å²) < 4.78 is 5.86. The van der Waals surface area contributed by atoms with Crippen molar-refractivity contribution < 1.29 is 14.3 Å². The fourth-order valence-electron chi connectivity index (χ4n) is 2.53. The molecular formula is C15H19IN2O3. The van der Waals surface area contributed by atoms with E-state index in [1.54, 1.807) is 0 Å². The fourth-order valence-corrected chi connectivity index (χ4v) is 3.07. The van der Waals surface area contributed by atoms with Crippen LogP contribution < -0.4 is 5.32 Å². The number of methoxy groups -OCH3 is 1. The number of benzene rings is 1. The van der Waals surface area contributed by atoms with Crippen LogP contribution in [-0.4, -0.2) is 43.5 Å². The molecule has 1 aromatic carbocycles. The van der Waals surface area contributed by atoms with Crippen molar-refractivity contribution >= 4 is 40.2 Å². The minimum absolute atomic E-state index is 0.0532. The highest BCUT2D eigenvalue weighted by atomic mass is 127. The first-order valence-electron chi connectivity index (χ1n) is 6.94. The number of rotatable bonds is 4. The van der Waals surface area contributed by atoms with Crippen LogP contribution in [0, 0.1) is 9.49 Å². The van der Waals surface area contributed by atoms with Crippen LogP contribution in [0.15, 0.2) is 24.3 Å². The molecular weight excluding hydrogens is 383 g/mol. The van der Waals surface area contributed by atoms with Crippen molar-refractivity contribution in [3.63, 3.8) is 0 Å². The molecule has 1 heterocycles. The Morgan fingerprint density at radius 3 is 3.00 bits per heavy atom. The highest BCUT2D eigenvalue weighted by molar-refractivity contribution is 14.1. The molecule has 1 aliphatic heterocycles. The van der Waals surface area contributed by atoms with E-state index in [-0.39, 0.29) is 17.8 Å². The van der Waals surface area contributed by atoms with Gasteiger partial charge in [0.2, 0.25) is 5.91 Å². The van der Waals surface area contributed by atoms with E-state index in [0.717, 1.165) is 28.6 Å². The summed E-state index contributed by atoms with van der Waals surface area (Å²) in [5.41, 5.74) is 0.799. The second-order valence-electron chi connectivity index (χ2n) is 5.16. The predicted octanol–water partition coefficient (Wildman–Crippen LogP) is 2.11. The van der Waals surface area contributed by atoms with Crippen molar-refractivity contribution in [1.82, 2.24) is 4.90 Å². The van der Waals surface area contributed by atoms with E-state index in [0.29, 0.717) is 13.1 Å². The number of nitrogens with one attached hydrogen (secondary N) is 1. The fraction of sp³-hybridized carbons (Fsp3) is 0.467. The van der Waals surface area contributed by atoms with Crippen LogP contribution in [0.4, 0.5) is 5.69 Å². The van der Waals surface area contributed by atoms with Crippen molar-refractivity contribution in [2.24, 2.45) is 5.92 Å². The van der Waals surface area contributed by atoms with Gasteiger partial charge < -0.3 is 10.1 Å². The van der Waals surface area contributed by atoms with Crippen LogP contribution in [0.2, 0.25) is 0 Å². The average molecular weight is 402 g/mol. The second-order valence-corrected chi connectivity index (χ2v) is 6.40. The number of piperidine rings is 1. The molecule has 0 aromatic heterocycles. The number of anilines is 1. The number of carbonyl (C=O) groups excluding carboxylic acids is 2. The van der Waals surface area contributed by atoms with Gasteiger partial charge in [-0.05, 0) is 60.2 Å². The molecule has 1 atom stereocenters. The molecule has 6 heteroatoms. The zero-order chi connectivity index (χ0) is 15.2. The van der Waals surface area contributed by atoms with Crippen molar-refractivity contribution in [3.8, 4) is 0 Å². The van der Waals surface area contributed by atoms with E-state index in [2.05, 4.69) is 27.9 Å². The number of hydrogen-bond acceptors (Lipinski definition) is 4. The number of ether oxygens (including phenoxy) is 1. The Labute approximate surface area is 138 Å². The van der Waals surface area contributed by atoms with Crippen LogP contribution in [0.5, 0.6) is 0 Å². The number of halogens is 1. The minimum atomic E-state index is -0.183. The monoisotopic (exact) mass is 402 g/mol. The van der Waals surface area contributed by atoms with Crippen LogP contribution in [0.1, 0.15) is 12.8 Å². The molecule has 1 fully saturated rings. The first-order valence-corrected chi connectivity index (χ1v) is 8.02. The van der Waals surface area contributed by atoms with Gasteiger partial charge in [-0.15, -0.1) is 0 Å². The summed E-state index contributed by atoms with van der Waals surface area (Å²) in [6.07, 6.45) is 1.75. The number of carbonyl (C=O) groups is 2. The number of amides is 1. The first-order chi connectivity index (χ1) is 10.1. The Hall–Kier alpha value is -1.15. The highest BCUT2D eigenvalue weighted by Gasteiger charge is 2.27. The van der Waals surface area contributed by atoms with Crippen LogP contribution in [0.25, 0.3) is 0 Å². The predicted molar refractivity (Wildman–Crippen MR) is 89.0 cm³/mol. The van der Waals surface area contributed by atoms with E-state index < -0.39 is 0 Å². The summed E-state index contributed by atoms with van der Waals surface area (Å²) in [7, 11) is 1.41. The molecule has 0 unspecified atom stereocenters. The minimum Gasteiger partial charge on any atom is -0.469 e. The van der Waals surface area contributed by atoms with E-state index in [4.69, 9.17) is 4.74 Å². The van der Waals surface area contributed by atoms with Gasteiger partial charge in [0.05, 0.1) is 19.6 Å². The van der Waals surface area contributed by atoms with Crippen LogP contribution in [0.3, 0.4) is 0 Å². The maximum Gasteiger partial charge on any atom is 0.309 e. The molecule has 0 saturated carbocycles. The smallest absolute Gasteiger partial charge is 0.309 e. The lowest BCUT2D eigenvalue weighted by Gasteiger charge is -2.30. The Bertz CT molecular complexity index is 521. The molecule has 0 bridgehead atoms. The summed E-state index contributed by atoms with van der Waals surface area (Å²) in [5.74, 6) is -0.352. The number of hydrogen-bond donors (Lipinski definition) is 1. The Morgan fingerprint density at radius 1 is 1.48 bits per heavy atom. The molecule has 0 radical (unpaired) electrons. The van der Waals surface area contributed by atoms with Crippen molar-refractivity contribution in [2.45, 2.75) is 12.8 Å². The molecule has 1 saturated heterocycles. The largest absolute Gasteiger partial charge is 0.469 e. The lowest BCUT2D eigenvalue weighted by molar-refractivity contribution is -0.147. The molecule has 1 aliphatic rings. The number of likely N-dealkylation sites (tertiary alicyclic amines) is 1. The number of nitrogens with zero attached hydrogens (tertiary/aromatic N) is 1. The summed E-state index contributed by atoms with van der Waals surface area (Å²) in [6, 6.07) is 7.67. The van der Waals surface area contributed by atoms with Gasteiger partial charge in [0, 0.05) is 15.8 Å². The van der Waals surface area contributed by atoms with Crippen LogP contribution >= 0.6 is 22.6 Å². The van der Waals surface area contributed by atoms with Crippen molar-refractivity contribution in [3.05, 3.63) is 27.8 Å². The maximum absolute atomic E-state index is 12.1. The third-order valence-electron chi connectivity index (χ3n) is 3.52. The SMILES string of the molecule is COC(=O)[C@H]1CCCN(CC(=O)Nc2cccc(I)c2)C1. The molecule has 1 amide bonds. The van der Waals surface area contributed by atoms with E-state index in [1.165, 1.54) is 7.11 Å². The molecule has 0 spiro atoms. The molecule has 2 rings (SSSR count). The summed E-state index contributed by atoms with van der Waals surface area (Å²) in [6.45, 7) is 1.73. The van der Waals surface area contributed by atoms with Crippen molar-refractivity contribution in [1.29, 1.82) is 0 Å². The van der Waals surface area contributed by atoms with Gasteiger partial charge in [0.15, 0.2) is 0 Å².